The number of aryl methyl sites for hydroxylation is 1. The van der Waals surface area contributed by atoms with E-state index in [1.165, 1.54) is 11.1 Å². The predicted octanol–water partition coefficient (Wildman–Crippen LogP) is 4.28. The molecule has 0 atom stereocenters. The monoisotopic (exact) mass is 210 g/mol. The second-order valence-corrected chi connectivity index (χ2v) is 3.72. The molecule has 2 rings (SSSR count). The van der Waals surface area contributed by atoms with E-state index < -0.39 is 0 Å². The fraction of sp³-hybridized carbons (Fsp3) is 0.143. The van der Waals surface area contributed by atoms with Gasteiger partial charge in [-0.1, -0.05) is 48.0 Å². The van der Waals surface area contributed by atoms with Gasteiger partial charge in [-0.15, -0.1) is 0 Å². The highest BCUT2D eigenvalue weighted by atomic mass is 15.1. The van der Waals surface area contributed by atoms with Crippen LogP contribution in [0.2, 0.25) is 0 Å². The van der Waals surface area contributed by atoms with Crippen molar-refractivity contribution in [3.63, 3.8) is 0 Å². The highest BCUT2D eigenvalue weighted by Crippen LogP contribution is 2.11. The lowest BCUT2D eigenvalue weighted by atomic mass is 10.2. The summed E-state index contributed by atoms with van der Waals surface area (Å²) in [6, 6.07) is 18.1. The van der Waals surface area contributed by atoms with Crippen LogP contribution in [0, 0.1) is 6.92 Å². The van der Waals surface area contributed by atoms with Crippen LogP contribution in [0.15, 0.2) is 64.8 Å². The average molecular weight is 210 g/mol. The lowest BCUT2D eigenvalue weighted by Gasteiger charge is -1.96. The van der Waals surface area contributed by atoms with Crippen molar-refractivity contribution in [2.24, 2.45) is 10.2 Å². The zero-order valence-corrected chi connectivity index (χ0v) is 9.30. The molecular weight excluding hydrogens is 196 g/mol. The first kappa shape index (κ1) is 10.6. The predicted molar refractivity (Wildman–Crippen MR) is 65.8 cm³/mol. The highest BCUT2D eigenvalue weighted by Gasteiger charge is 1.90. The third-order valence-corrected chi connectivity index (χ3v) is 2.32. The first-order valence-corrected chi connectivity index (χ1v) is 5.33. The Hall–Kier alpha value is -1.96. The van der Waals surface area contributed by atoms with Gasteiger partial charge in [-0.05, 0) is 24.6 Å². The topological polar surface area (TPSA) is 24.7 Å². The number of hydrogen-bond acceptors (Lipinski definition) is 2. The third-order valence-electron chi connectivity index (χ3n) is 2.32. The van der Waals surface area contributed by atoms with E-state index in [-0.39, 0.29) is 0 Å². The lowest BCUT2D eigenvalue weighted by Crippen LogP contribution is -1.80. The van der Waals surface area contributed by atoms with Crippen LogP contribution < -0.4 is 0 Å². The van der Waals surface area contributed by atoms with Crippen molar-refractivity contribution in [2.75, 3.05) is 0 Å². The van der Waals surface area contributed by atoms with Crippen LogP contribution in [0.25, 0.3) is 0 Å². The molecule has 0 unspecified atom stereocenters. The van der Waals surface area contributed by atoms with Crippen LogP contribution >= 0.6 is 0 Å². The smallest absolute Gasteiger partial charge is 0.0853 e. The van der Waals surface area contributed by atoms with Crippen LogP contribution in [0.5, 0.6) is 0 Å². The van der Waals surface area contributed by atoms with E-state index in [0.717, 1.165) is 5.69 Å². The van der Waals surface area contributed by atoms with Gasteiger partial charge in [0.15, 0.2) is 0 Å². The van der Waals surface area contributed by atoms with Gasteiger partial charge in [-0.2, -0.15) is 10.2 Å². The largest absolute Gasteiger partial charge is 0.184 e. The van der Waals surface area contributed by atoms with Crippen molar-refractivity contribution in [3.8, 4) is 0 Å². The molecule has 80 valence electrons. The number of azo groups is 1. The first-order chi connectivity index (χ1) is 7.84. The van der Waals surface area contributed by atoms with Gasteiger partial charge in [0.25, 0.3) is 0 Å². The van der Waals surface area contributed by atoms with E-state index in [0.29, 0.717) is 6.54 Å². The minimum Gasteiger partial charge on any atom is -0.184 e. The van der Waals surface area contributed by atoms with Gasteiger partial charge < -0.3 is 0 Å². The standard InChI is InChI=1S/C14H14N2/c1-12-7-9-13(10-8-12)11-15-16-14-5-3-2-4-6-14/h2-10H,11H2,1H3. The van der Waals surface area contributed by atoms with Crippen molar-refractivity contribution < 1.29 is 0 Å². The maximum atomic E-state index is 4.17. The molecule has 0 aliphatic rings. The van der Waals surface area contributed by atoms with E-state index in [2.05, 4.69) is 41.4 Å². The zero-order chi connectivity index (χ0) is 11.2. The molecule has 0 fully saturated rings. The molecule has 2 heteroatoms. The Balaban J connectivity index is 1.97. The Morgan fingerprint density at radius 2 is 1.56 bits per heavy atom. The Labute approximate surface area is 95.7 Å². The number of hydrogen-bond donors (Lipinski definition) is 0. The lowest BCUT2D eigenvalue weighted by molar-refractivity contribution is 0.958. The fourth-order valence-electron chi connectivity index (χ4n) is 1.39. The third kappa shape index (κ3) is 3.02. The molecule has 0 saturated carbocycles. The van der Waals surface area contributed by atoms with Gasteiger partial charge in [-0.3, -0.25) is 0 Å². The molecule has 0 radical (unpaired) electrons. The van der Waals surface area contributed by atoms with Gasteiger partial charge >= 0.3 is 0 Å². The maximum absolute atomic E-state index is 4.17. The van der Waals surface area contributed by atoms with Gasteiger partial charge in [0.05, 0.1) is 12.2 Å². The summed E-state index contributed by atoms with van der Waals surface area (Å²) in [5.74, 6) is 0. The van der Waals surface area contributed by atoms with Crippen molar-refractivity contribution in [2.45, 2.75) is 13.5 Å². The molecule has 2 nitrogen and oxygen atoms in total. The quantitative estimate of drug-likeness (QED) is 0.675. The molecular formula is C14H14N2. The summed E-state index contributed by atoms with van der Waals surface area (Å²) in [7, 11) is 0. The van der Waals surface area contributed by atoms with Crippen LogP contribution in [0.3, 0.4) is 0 Å². The summed E-state index contributed by atoms with van der Waals surface area (Å²) in [6.45, 7) is 2.71. The summed E-state index contributed by atoms with van der Waals surface area (Å²) in [5, 5.41) is 8.32. The van der Waals surface area contributed by atoms with Crippen LogP contribution in [0.1, 0.15) is 11.1 Å². The fourth-order valence-corrected chi connectivity index (χ4v) is 1.39. The van der Waals surface area contributed by atoms with E-state index in [1.54, 1.807) is 0 Å². The maximum Gasteiger partial charge on any atom is 0.0853 e. The molecule has 0 N–H and O–H groups in total. The van der Waals surface area contributed by atoms with Crippen molar-refractivity contribution in [1.29, 1.82) is 0 Å². The van der Waals surface area contributed by atoms with Crippen molar-refractivity contribution in [1.82, 2.24) is 0 Å². The number of nitrogens with zero attached hydrogens (tertiary/aromatic N) is 2. The Bertz CT molecular complexity index is 458. The second kappa shape index (κ2) is 5.21. The summed E-state index contributed by atoms with van der Waals surface area (Å²) in [5.41, 5.74) is 3.35. The van der Waals surface area contributed by atoms with Gasteiger partial charge in [0, 0.05) is 0 Å². The van der Waals surface area contributed by atoms with E-state index >= 15 is 0 Å². The average Bonchev–Trinajstić information content (AvgIpc) is 2.33. The molecule has 0 amide bonds. The number of benzene rings is 2. The Morgan fingerprint density at radius 1 is 0.875 bits per heavy atom. The summed E-state index contributed by atoms with van der Waals surface area (Å²) < 4.78 is 0. The van der Waals surface area contributed by atoms with E-state index in [4.69, 9.17) is 0 Å². The van der Waals surface area contributed by atoms with Gasteiger partial charge in [0.2, 0.25) is 0 Å². The molecule has 0 aliphatic heterocycles. The normalized spacial score (nSPS) is 10.8. The van der Waals surface area contributed by atoms with Crippen LogP contribution in [0.4, 0.5) is 5.69 Å². The zero-order valence-electron chi connectivity index (χ0n) is 9.30. The minimum absolute atomic E-state index is 0.634. The van der Waals surface area contributed by atoms with Gasteiger partial charge in [0.1, 0.15) is 0 Å². The van der Waals surface area contributed by atoms with E-state index in [1.807, 2.05) is 30.3 Å². The molecule has 16 heavy (non-hydrogen) atoms. The van der Waals surface area contributed by atoms with Crippen LogP contribution in [-0.4, -0.2) is 0 Å². The van der Waals surface area contributed by atoms with E-state index in [9.17, 15) is 0 Å². The minimum atomic E-state index is 0.634. The molecule has 2 aromatic carbocycles. The molecule has 0 aliphatic carbocycles. The summed E-state index contributed by atoms with van der Waals surface area (Å²) in [6.07, 6.45) is 0. The molecule has 0 saturated heterocycles. The SMILES string of the molecule is Cc1ccc(CN=Nc2ccccc2)cc1. The first-order valence-electron chi connectivity index (χ1n) is 5.33. The highest BCUT2D eigenvalue weighted by molar-refractivity contribution is 5.34. The summed E-state index contributed by atoms with van der Waals surface area (Å²) in [4.78, 5) is 0. The molecule has 2 aromatic rings. The van der Waals surface area contributed by atoms with Crippen molar-refractivity contribution >= 4 is 5.69 Å². The molecule has 0 bridgehead atoms. The summed E-state index contributed by atoms with van der Waals surface area (Å²) >= 11 is 0. The second-order valence-electron chi connectivity index (χ2n) is 3.72. The Morgan fingerprint density at radius 3 is 2.25 bits per heavy atom. The Kier molecular flexibility index (Phi) is 3.44. The molecule has 0 spiro atoms. The van der Waals surface area contributed by atoms with Crippen LogP contribution in [-0.2, 0) is 6.54 Å². The molecule has 0 heterocycles. The number of rotatable bonds is 3. The molecule has 0 aromatic heterocycles. The van der Waals surface area contributed by atoms with Crippen molar-refractivity contribution in [3.05, 3.63) is 65.7 Å². The van der Waals surface area contributed by atoms with Gasteiger partial charge in [-0.25, -0.2) is 0 Å².